The van der Waals surface area contributed by atoms with Crippen LogP contribution >= 0.6 is 0 Å². The first-order valence-electron chi connectivity index (χ1n) is 9.31. The van der Waals surface area contributed by atoms with Crippen LogP contribution in [0, 0.1) is 0 Å². The molecule has 144 valence electrons. The Balaban J connectivity index is 1.75. The van der Waals surface area contributed by atoms with E-state index >= 15 is 0 Å². The lowest BCUT2D eigenvalue weighted by atomic mass is 9.93. The summed E-state index contributed by atoms with van der Waals surface area (Å²) in [5.41, 5.74) is 1.42. The third-order valence-electron chi connectivity index (χ3n) is 5.25. The molecule has 2 N–H and O–H groups in total. The van der Waals surface area contributed by atoms with Gasteiger partial charge in [-0.15, -0.1) is 0 Å². The molecular formula is C19H23N3O5. The molecule has 1 unspecified atom stereocenters. The van der Waals surface area contributed by atoms with Gasteiger partial charge in [0.05, 0.1) is 35.2 Å². The molecule has 8 heteroatoms. The number of carboxylic acids is 1. The van der Waals surface area contributed by atoms with Crippen molar-refractivity contribution in [2.24, 2.45) is 0 Å². The minimum Gasteiger partial charge on any atom is -0.481 e. The van der Waals surface area contributed by atoms with Gasteiger partial charge in [0.25, 0.3) is 11.6 Å². The van der Waals surface area contributed by atoms with Crippen LogP contribution in [-0.2, 0) is 9.53 Å². The van der Waals surface area contributed by atoms with Crippen LogP contribution in [0.15, 0.2) is 10.6 Å². The van der Waals surface area contributed by atoms with Gasteiger partial charge in [-0.05, 0) is 31.2 Å². The van der Waals surface area contributed by atoms with Crippen LogP contribution in [0.4, 0.5) is 0 Å². The Morgan fingerprint density at radius 2 is 2.19 bits per heavy atom. The smallest absolute Gasteiger partial charge is 0.305 e. The van der Waals surface area contributed by atoms with Gasteiger partial charge < -0.3 is 19.7 Å². The highest BCUT2D eigenvalue weighted by Crippen LogP contribution is 2.41. The molecule has 1 amide bonds. The van der Waals surface area contributed by atoms with E-state index in [-0.39, 0.29) is 24.9 Å². The second-order valence-corrected chi connectivity index (χ2v) is 7.88. The zero-order valence-corrected chi connectivity index (χ0v) is 15.4. The number of ether oxygens (including phenoxy) is 1. The van der Waals surface area contributed by atoms with Gasteiger partial charge >= 0.3 is 5.97 Å². The molecule has 0 spiro atoms. The Bertz CT molecular complexity index is 894. The molecule has 2 aromatic heterocycles. The van der Waals surface area contributed by atoms with Crippen LogP contribution in [0.5, 0.6) is 0 Å². The summed E-state index contributed by atoms with van der Waals surface area (Å²) in [7, 11) is 0. The molecule has 2 aromatic rings. The van der Waals surface area contributed by atoms with Crippen molar-refractivity contribution in [3.8, 4) is 0 Å². The molecule has 0 bridgehead atoms. The highest BCUT2D eigenvalue weighted by Gasteiger charge is 2.40. The molecule has 0 radical (unpaired) electrons. The second kappa shape index (κ2) is 6.60. The summed E-state index contributed by atoms with van der Waals surface area (Å²) in [6.45, 7) is 4.57. The van der Waals surface area contributed by atoms with Crippen molar-refractivity contribution >= 4 is 23.0 Å². The fourth-order valence-electron chi connectivity index (χ4n) is 3.64. The fourth-order valence-corrected chi connectivity index (χ4v) is 3.64. The molecule has 3 heterocycles. The SMILES string of the molecule is CC(C)c1noc2nc(C3CC3)cc(C(=O)NC3(CC(=O)O)CCOC3)c12. The van der Waals surface area contributed by atoms with Gasteiger partial charge in [-0.3, -0.25) is 9.59 Å². The summed E-state index contributed by atoms with van der Waals surface area (Å²) in [5.74, 6) is -0.890. The largest absolute Gasteiger partial charge is 0.481 e. The van der Waals surface area contributed by atoms with Gasteiger partial charge in [0, 0.05) is 18.2 Å². The Kier molecular flexibility index (Phi) is 4.38. The van der Waals surface area contributed by atoms with Crippen LogP contribution < -0.4 is 5.32 Å². The normalized spacial score (nSPS) is 22.5. The first-order valence-corrected chi connectivity index (χ1v) is 9.31. The average Bonchev–Trinajstić information content (AvgIpc) is 3.21. The lowest BCUT2D eigenvalue weighted by Crippen LogP contribution is -2.50. The number of amides is 1. The summed E-state index contributed by atoms with van der Waals surface area (Å²) in [6, 6.07) is 1.81. The molecular weight excluding hydrogens is 350 g/mol. The third-order valence-corrected chi connectivity index (χ3v) is 5.25. The topological polar surface area (TPSA) is 115 Å². The summed E-state index contributed by atoms with van der Waals surface area (Å²) in [6.07, 6.45) is 2.38. The molecule has 4 rings (SSSR count). The standard InChI is InChI=1S/C19H23N3O5/c1-10(2)16-15-12(7-13(11-3-4-11)20-18(15)27-22-16)17(25)21-19(8-14(23)24)5-6-26-9-19/h7,10-11H,3-6,8-9H2,1-2H3,(H,21,25)(H,23,24). The van der Waals surface area contributed by atoms with Crippen molar-refractivity contribution in [2.45, 2.75) is 56.9 Å². The number of aliphatic carboxylic acids is 1. The van der Waals surface area contributed by atoms with Gasteiger partial charge in [-0.25, -0.2) is 4.98 Å². The highest BCUT2D eigenvalue weighted by atomic mass is 16.5. The summed E-state index contributed by atoms with van der Waals surface area (Å²) in [4.78, 5) is 29.1. The van der Waals surface area contributed by atoms with Gasteiger partial charge in [0.15, 0.2) is 0 Å². The molecule has 0 aromatic carbocycles. The van der Waals surface area contributed by atoms with Gasteiger partial charge in [-0.1, -0.05) is 19.0 Å². The predicted octanol–water partition coefficient (Wildman–Crippen LogP) is 2.59. The van der Waals surface area contributed by atoms with E-state index in [1.807, 2.05) is 19.9 Å². The Hall–Kier alpha value is -2.48. The third kappa shape index (κ3) is 3.41. The van der Waals surface area contributed by atoms with Crippen LogP contribution in [0.1, 0.15) is 73.1 Å². The molecule has 8 nitrogen and oxygen atoms in total. The van der Waals surface area contributed by atoms with Crippen LogP contribution in [-0.4, -0.2) is 45.9 Å². The maximum absolute atomic E-state index is 13.2. The summed E-state index contributed by atoms with van der Waals surface area (Å²) >= 11 is 0. The lowest BCUT2D eigenvalue weighted by molar-refractivity contribution is -0.138. The monoisotopic (exact) mass is 373 g/mol. The van der Waals surface area contributed by atoms with E-state index in [0.29, 0.717) is 41.3 Å². The van der Waals surface area contributed by atoms with E-state index in [9.17, 15) is 14.7 Å². The quantitative estimate of drug-likeness (QED) is 0.800. The van der Waals surface area contributed by atoms with Crippen molar-refractivity contribution in [2.75, 3.05) is 13.2 Å². The molecule has 1 aliphatic heterocycles. The van der Waals surface area contributed by atoms with Gasteiger partial charge in [0.1, 0.15) is 0 Å². The number of aromatic nitrogens is 2. The van der Waals surface area contributed by atoms with E-state index in [0.717, 1.165) is 18.5 Å². The maximum atomic E-state index is 13.2. The molecule has 1 saturated carbocycles. The first kappa shape index (κ1) is 17.9. The number of carbonyl (C=O) groups is 2. The molecule has 27 heavy (non-hydrogen) atoms. The van der Waals surface area contributed by atoms with Crippen molar-refractivity contribution in [1.29, 1.82) is 0 Å². The predicted molar refractivity (Wildman–Crippen MR) is 95.8 cm³/mol. The number of carboxylic acid groups (broad SMARTS) is 1. The van der Waals surface area contributed by atoms with Gasteiger partial charge in [-0.2, -0.15) is 0 Å². The molecule has 1 saturated heterocycles. The summed E-state index contributed by atoms with van der Waals surface area (Å²) < 4.78 is 10.8. The number of pyridine rings is 1. The molecule has 2 fully saturated rings. The zero-order valence-electron chi connectivity index (χ0n) is 15.4. The average molecular weight is 373 g/mol. The zero-order chi connectivity index (χ0) is 19.2. The number of carbonyl (C=O) groups excluding carboxylic acids is 1. The van der Waals surface area contributed by atoms with E-state index in [1.54, 1.807) is 0 Å². The summed E-state index contributed by atoms with van der Waals surface area (Å²) in [5, 5.41) is 16.9. The van der Waals surface area contributed by atoms with Crippen molar-refractivity contribution in [3.63, 3.8) is 0 Å². The molecule has 1 atom stereocenters. The highest BCUT2D eigenvalue weighted by molar-refractivity contribution is 6.06. The van der Waals surface area contributed by atoms with E-state index < -0.39 is 11.5 Å². The number of rotatable bonds is 6. The number of nitrogens with zero attached hydrogens (tertiary/aromatic N) is 2. The van der Waals surface area contributed by atoms with E-state index in [1.165, 1.54) is 0 Å². The molecule has 2 aliphatic rings. The van der Waals surface area contributed by atoms with Crippen LogP contribution in [0.25, 0.3) is 11.1 Å². The maximum Gasteiger partial charge on any atom is 0.305 e. The van der Waals surface area contributed by atoms with Crippen molar-refractivity contribution in [3.05, 3.63) is 23.0 Å². The number of hydrogen-bond donors (Lipinski definition) is 2. The number of nitrogens with one attached hydrogen (secondary N) is 1. The van der Waals surface area contributed by atoms with Crippen LogP contribution in [0.2, 0.25) is 0 Å². The number of fused-ring (bicyclic) bond motifs is 1. The van der Waals surface area contributed by atoms with Crippen molar-refractivity contribution in [1.82, 2.24) is 15.5 Å². The number of hydrogen-bond acceptors (Lipinski definition) is 6. The van der Waals surface area contributed by atoms with E-state index in [2.05, 4.69) is 15.5 Å². The second-order valence-electron chi connectivity index (χ2n) is 7.88. The minimum atomic E-state index is -0.966. The molecule has 1 aliphatic carbocycles. The van der Waals surface area contributed by atoms with Crippen LogP contribution in [0.3, 0.4) is 0 Å². The van der Waals surface area contributed by atoms with E-state index in [4.69, 9.17) is 9.26 Å². The lowest BCUT2D eigenvalue weighted by Gasteiger charge is -2.27. The first-order chi connectivity index (χ1) is 12.9. The van der Waals surface area contributed by atoms with Crippen molar-refractivity contribution < 1.29 is 24.0 Å². The Labute approximate surface area is 156 Å². The minimum absolute atomic E-state index is 0.0640. The Morgan fingerprint density at radius 3 is 2.78 bits per heavy atom. The fraction of sp³-hybridized carbons (Fsp3) is 0.579. The Morgan fingerprint density at radius 1 is 1.41 bits per heavy atom. The van der Waals surface area contributed by atoms with Gasteiger partial charge in [0.2, 0.25) is 0 Å².